The number of thioether (sulfide) groups is 1. The highest BCUT2D eigenvalue weighted by Gasteiger charge is 2.18. The molecule has 2 heterocycles. The Morgan fingerprint density at radius 2 is 2.08 bits per heavy atom. The van der Waals surface area contributed by atoms with E-state index in [1.165, 1.54) is 4.90 Å². The molecule has 5 heteroatoms. The molecular formula is C21H21N3OS. The number of nitrogens with zero attached hydrogens (tertiary/aromatic N) is 1. The molecule has 0 bridgehead atoms. The number of nitrogens with one attached hydrogen (secondary N) is 1. The first kappa shape index (κ1) is 16.8. The summed E-state index contributed by atoms with van der Waals surface area (Å²) >= 11 is 1.83. The summed E-state index contributed by atoms with van der Waals surface area (Å²) < 4.78 is 5.58. The normalized spacial score (nSPS) is 11.3. The van der Waals surface area contributed by atoms with Crippen LogP contribution >= 0.6 is 11.8 Å². The first-order chi connectivity index (χ1) is 12.6. The molecule has 0 saturated heterocycles. The lowest BCUT2D eigenvalue weighted by Gasteiger charge is -2.12. The van der Waals surface area contributed by atoms with Crippen LogP contribution in [0, 0.1) is 6.92 Å². The minimum atomic E-state index is 0.617. The number of H-pyrrole nitrogens is 1. The highest BCUT2D eigenvalue weighted by Crippen LogP contribution is 2.42. The lowest BCUT2D eigenvalue weighted by molar-refractivity contribution is 0.421. The van der Waals surface area contributed by atoms with E-state index in [0.29, 0.717) is 11.4 Å². The molecule has 26 heavy (non-hydrogen) atoms. The van der Waals surface area contributed by atoms with Crippen LogP contribution in [0.4, 0.5) is 5.69 Å². The molecule has 0 aliphatic rings. The third-order valence-corrected chi connectivity index (χ3v) is 5.38. The quantitative estimate of drug-likeness (QED) is 0.377. The summed E-state index contributed by atoms with van der Waals surface area (Å²) in [5, 5.41) is 2.18. The molecule has 0 aliphatic heterocycles. The zero-order valence-electron chi connectivity index (χ0n) is 15.1. The first-order valence-electron chi connectivity index (χ1n) is 8.60. The molecule has 0 unspecified atom stereocenters. The van der Waals surface area contributed by atoms with Crippen LogP contribution in [0.2, 0.25) is 0 Å². The van der Waals surface area contributed by atoms with Gasteiger partial charge < -0.3 is 15.5 Å². The number of nitrogens with two attached hydrogens (primary N) is 1. The Balaban J connectivity index is 2.10. The van der Waals surface area contributed by atoms with Crippen molar-refractivity contribution < 1.29 is 4.74 Å². The van der Waals surface area contributed by atoms with Crippen LogP contribution in [0.5, 0.6) is 5.75 Å². The van der Waals surface area contributed by atoms with Gasteiger partial charge in [-0.25, -0.2) is 4.98 Å². The fourth-order valence-corrected chi connectivity index (χ4v) is 4.15. The molecule has 4 nitrogen and oxygen atoms in total. The summed E-state index contributed by atoms with van der Waals surface area (Å²) in [4.78, 5) is 9.19. The number of aromatic nitrogens is 2. The van der Waals surface area contributed by atoms with Crippen molar-refractivity contribution in [1.29, 1.82) is 0 Å². The molecule has 2 aromatic carbocycles. The van der Waals surface area contributed by atoms with Crippen LogP contribution in [0.25, 0.3) is 33.1 Å². The summed E-state index contributed by atoms with van der Waals surface area (Å²) in [6.45, 7) is 4.22. The largest absolute Gasteiger partial charge is 0.492 e. The number of hydrogen-bond acceptors (Lipinski definition) is 4. The molecular weight excluding hydrogens is 342 g/mol. The number of methoxy groups -OCH3 is 1. The highest BCUT2D eigenvalue weighted by atomic mass is 32.2. The predicted molar refractivity (Wildman–Crippen MR) is 111 cm³/mol. The van der Waals surface area contributed by atoms with E-state index in [0.717, 1.165) is 44.4 Å². The molecule has 0 fully saturated rings. The van der Waals surface area contributed by atoms with Gasteiger partial charge in [0.25, 0.3) is 0 Å². The molecule has 0 spiro atoms. The van der Waals surface area contributed by atoms with Crippen molar-refractivity contribution in [2.45, 2.75) is 18.7 Å². The SMILES string of the molecule is CCSc1cccc(-c2cc(N)c(OC)c3[nH]c4ncc(C)cc4c23)c1. The van der Waals surface area contributed by atoms with Gasteiger partial charge in [-0.1, -0.05) is 19.1 Å². The van der Waals surface area contributed by atoms with Gasteiger partial charge in [-0.05, 0) is 53.6 Å². The average molecular weight is 363 g/mol. The molecule has 0 saturated carbocycles. The maximum Gasteiger partial charge on any atom is 0.165 e. The van der Waals surface area contributed by atoms with E-state index >= 15 is 0 Å². The van der Waals surface area contributed by atoms with Crippen molar-refractivity contribution in [3.05, 3.63) is 48.2 Å². The van der Waals surface area contributed by atoms with Crippen molar-refractivity contribution in [3.8, 4) is 16.9 Å². The third-order valence-electron chi connectivity index (χ3n) is 4.51. The van der Waals surface area contributed by atoms with E-state index in [2.05, 4.69) is 54.1 Å². The van der Waals surface area contributed by atoms with E-state index in [1.807, 2.05) is 24.0 Å². The zero-order valence-corrected chi connectivity index (χ0v) is 15.9. The number of fused-ring (bicyclic) bond motifs is 3. The average Bonchev–Trinajstić information content (AvgIpc) is 3.00. The van der Waals surface area contributed by atoms with Crippen LogP contribution in [0.1, 0.15) is 12.5 Å². The van der Waals surface area contributed by atoms with Crippen molar-refractivity contribution in [1.82, 2.24) is 9.97 Å². The summed E-state index contributed by atoms with van der Waals surface area (Å²) in [5.74, 6) is 1.71. The van der Waals surface area contributed by atoms with Gasteiger partial charge in [0.05, 0.1) is 18.3 Å². The van der Waals surface area contributed by atoms with Crippen LogP contribution < -0.4 is 10.5 Å². The Bertz CT molecular complexity index is 1120. The van der Waals surface area contributed by atoms with Gasteiger partial charge in [0.15, 0.2) is 5.75 Å². The number of ether oxygens (including phenoxy) is 1. The fourth-order valence-electron chi connectivity index (χ4n) is 3.43. The first-order valence-corrected chi connectivity index (χ1v) is 9.58. The Hall–Kier alpha value is -2.66. The number of hydrogen-bond donors (Lipinski definition) is 2. The van der Waals surface area contributed by atoms with E-state index in [9.17, 15) is 0 Å². The van der Waals surface area contributed by atoms with E-state index in [-0.39, 0.29) is 0 Å². The Morgan fingerprint density at radius 3 is 2.85 bits per heavy atom. The van der Waals surface area contributed by atoms with Gasteiger partial charge in [-0.15, -0.1) is 11.8 Å². The lowest BCUT2D eigenvalue weighted by Crippen LogP contribution is -1.95. The number of pyridine rings is 1. The second-order valence-corrected chi connectivity index (χ2v) is 7.63. The van der Waals surface area contributed by atoms with Crippen molar-refractivity contribution >= 4 is 39.4 Å². The van der Waals surface area contributed by atoms with Gasteiger partial charge in [-0.3, -0.25) is 0 Å². The van der Waals surface area contributed by atoms with E-state index in [1.54, 1.807) is 7.11 Å². The van der Waals surface area contributed by atoms with Crippen LogP contribution in [0.3, 0.4) is 0 Å². The number of nitrogen functional groups attached to an aromatic ring is 1. The molecule has 0 aliphatic carbocycles. The summed E-state index contributed by atoms with van der Waals surface area (Å²) in [6.07, 6.45) is 1.87. The second kappa shape index (κ2) is 6.57. The van der Waals surface area contributed by atoms with Gasteiger partial charge in [-0.2, -0.15) is 0 Å². The third kappa shape index (κ3) is 2.69. The molecule has 3 N–H and O–H groups in total. The lowest BCUT2D eigenvalue weighted by atomic mass is 9.98. The zero-order chi connectivity index (χ0) is 18.3. The van der Waals surface area contributed by atoms with Gasteiger partial charge in [0, 0.05) is 21.9 Å². The van der Waals surface area contributed by atoms with Crippen LogP contribution in [-0.4, -0.2) is 22.8 Å². The minimum absolute atomic E-state index is 0.617. The topological polar surface area (TPSA) is 63.9 Å². The van der Waals surface area contributed by atoms with E-state index in [4.69, 9.17) is 10.5 Å². The second-order valence-electron chi connectivity index (χ2n) is 6.29. The van der Waals surface area contributed by atoms with Crippen molar-refractivity contribution in [2.75, 3.05) is 18.6 Å². The van der Waals surface area contributed by atoms with Crippen molar-refractivity contribution in [3.63, 3.8) is 0 Å². The number of aryl methyl sites for hydroxylation is 1. The molecule has 4 rings (SSSR count). The molecule has 4 aromatic rings. The Labute approximate surface area is 156 Å². The maximum absolute atomic E-state index is 6.31. The van der Waals surface area contributed by atoms with Crippen molar-refractivity contribution in [2.24, 2.45) is 0 Å². The van der Waals surface area contributed by atoms with E-state index < -0.39 is 0 Å². The predicted octanol–water partition coefficient (Wildman–Crippen LogP) is 5.39. The number of anilines is 1. The van der Waals surface area contributed by atoms with Gasteiger partial charge in [0.2, 0.25) is 0 Å². The summed E-state index contributed by atoms with van der Waals surface area (Å²) in [6, 6.07) is 12.7. The number of benzene rings is 2. The number of aromatic amines is 1. The molecule has 0 radical (unpaired) electrons. The van der Waals surface area contributed by atoms with Gasteiger partial charge in [0.1, 0.15) is 5.65 Å². The standard InChI is InChI=1S/C21H21N3OS/c1-4-26-14-7-5-6-13(9-14)15-10-17(22)20(25-3)19-18(15)16-8-12(2)11-23-21(16)24-19/h5-11H,4,22H2,1-3H3,(H,23,24). The molecule has 0 atom stereocenters. The molecule has 132 valence electrons. The van der Waals surface area contributed by atoms with Gasteiger partial charge >= 0.3 is 0 Å². The monoisotopic (exact) mass is 363 g/mol. The Morgan fingerprint density at radius 1 is 1.23 bits per heavy atom. The van der Waals surface area contributed by atoms with Crippen LogP contribution in [-0.2, 0) is 0 Å². The molecule has 2 aromatic heterocycles. The minimum Gasteiger partial charge on any atom is -0.492 e. The summed E-state index contributed by atoms with van der Waals surface area (Å²) in [5.41, 5.74) is 12.0. The smallest absolute Gasteiger partial charge is 0.165 e. The Kier molecular flexibility index (Phi) is 4.24. The number of rotatable bonds is 4. The highest BCUT2D eigenvalue weighted by molar-refractivity contribution is 7.99. The fraction of sp³-hybridized carbons (Fsp3) is 0.190. The summed E-state index contributed by atoms with van der Waals surface area (Å²) in [7, 11) is 1.65. The molecule has 0 amide bonds. The van der Waals surface area contributed by atoms with Crippen LogP contribution in [0.15, 0.2) is 47.5 Å². The maximum atomic E-state index is 6.31.